The molecule has 0 aliphatic carbocycles. The Morgan fingerprint density at radius 3 is 1.07 bits per heavy atom. The van der Waals surface area contributed by atoms with E-state index in [-0.39, 0.29) is 0 Å². The summed E-state index contributed by atoms with van der Waals surface area (Å²) in [4.78, 5) is 0. The first-order valence-electron chi connectivity index (χ1n) is 15.6. The molecule has 0 N–H and O–H groups in total. The van der Waals surface area contributed by atoms with Crippen molar-refractivity contribution >= 4 is 29.2 Å². The third-order valence-corrected chi connectivity index (χ3v) is 6.09. The Balaban J connectivity index is 0.000000523. The van der Waals surface area contributed by atoms with Crippen molar-refractivity contribution in [2.45, 2.75) is 66.2 Å². The average molecular weight is 631 g/mol. The minimum absolute atomic E-state index is 1.07. The maximum absolute atomic E-state index is 3.60. The van der Waals surface area contributed by atoms with Gasteiger partial charge in [0, 0.05) is 0 Å². The molecule has 6 aromatic rings. The molecule has 0 bridgehead atoms. The Kier molecular flexibility index (Phi) is 28.0. The number of rotatable bonds is 4. The molecule has 6 rings (SSSR count). The topological polar surface area (TPSA) is 0 Å². The number of hydrogen-bond donors (Lipinski definition) is 0. The fourth-order valence-corrected chi connectivity index (χ4v) is 3.52. The van der Waals surface area contributed by atoms with Crippen molar-refractivity contribution in [3.8, 4) is 0 Å². The zero-order valence-electron chi connectivity index (χ0n) is 27.4. The maximum atomic E-state index is 3.60. The molecule has 0 saturated carbocycles. The third-order valence-electron chi connectivity index (χ3n) is 6.09. The summed E-state index contributed by atoms with van der Waals surface area (Å²) in [5.41, 5.74) is 2.87. The Morgan fingerprint density at radius 2 is 0.864 bits per heavy atom. The van der Waals surface area contributed by atoms with E-state index in [4.69, 9.17) is 0 Å². The second kappa shape index (κ2) is 30.1. The normalized spacial score (nSPS) is 8.93. The van der Waals surface area contributed by atoms with Crippen LogP contribution >= 0.6 is 0 Å². The molecule has 0 aliphatic rings. The molecule has 44 heavy (non-hydrogen) atoms. The third kappa shape index (κ3) is 20.1. The summed E-state index contributed by atoms with van der Waals surface area (Å²) in [6.07, 6.45) is 6.82. The van der Waals surface area contributed by atoms with Crippen molar-refractivity contribution in [1.82, 2.24) is 0 Å². The molecule has 0 spiro atoms. The molecule has 0 fully saturated rings. The first-order chi connectivity index (χ1) is 21.6. The monoisotopic (exact) mass is 630 g/mol. The molecule has 6 aromatic carbocycles. The molecule has 0 aliphatic heterocycles. The van der Waals surface area contributed by atoms with Crippen LogP contribution in [0.25, 0.3) is 21.5 Å². The molecule has 232 valence electrons. The second-order valence-electron chi connectivity index (χ2n) is 9.55. The second-order valence-corrected chi connectivity index (χ2v) is 9.55. The quantitative estimate of drug-likeness (QED) is 0.134. The van der Waals surface area contributed by atoms with Gasteiger partial charge in [-0.1, -0.05) is 52.7 Å². The van der Waals surface area contributed by atoms with Gasteiger partial charge in [-0.3, -0.25) is 0 Å². The molecule has 0 nitrogen and oxygen atoms in total. The van der Waals surface area contributed by atoms with Crippen molar-refractivity contribution in [2.75, 3.05) is 0 Å². The van der Waals surface area contributed by atoms with E-state index in [1.54, 1.807) is 19.2 Å². The van der Waals surface area contributed by atoms with Gasteiger partial charge in [0.25, 0.3) is 0 Å². The zero-order valence-corrected chi connectivity index (χ0v) is 29.9. The minimum atomic E-state index is 1.07. The average Bonchev–Trinajstić information content (AvgIpc) is 3.76. The van der Waals surface area contributed by atoms with Gasteiger partial charge >= 0.3 is 26.8 Å². The molecule has 0 unspecified atom stereocenters. The smallest absolute Gasteiger partial charge is 0.171 e. The van der Waals surface area contributed by atoms with E-state index < -0.39 is 0 Å². The van der Waals surface area contributed by atoms with E-state index in [9.17, 15) is 0 Å². The van der Waals surface area contributed by atoms with Gasteiger partial charge < -0.3 is 13.8 Å². The molecule has 0 saturated heterocycles. The molecular formula is C42H50SiTi-6. The predicted octanol–water partition coefficient (Wildman–Crippen LogP) is 12.1. The van der Waals surface area contributed by atoms with E-state index in [0.29, 0.717) is 0 Å². The van der Waals surface area contributed by atoms with Crippen molar-refractivity contribution in [3.05, 3.63) is 171 Å². The van der Waals surface area contributed by atoms with Crippen molar-refractivity contribution in [1.29, 1.82) is 0 Å². The summed E-state index contributed by atoms with van der Waals surface area (Å²) in [5.74, 6) is 0. The van der Waals surface area contributed by atoms with Crippen molar-refractivity contribution in [2.24, 2.45) is 0 Å². The summed E-state index contributed by atoms with van der Waals surface area (Å²) in [7, 11) is 2.97. The first-order valence-corrected chi connectivity index (χ1v) is 18.4. The van der Waals surface area contributed by atoms with Gasteiger partial charge in [-0.2, -0.15) is 97.8 Å². The Hall–Kier alpha value is -2.97. The summed E-state index contributed by atoms with van der Waals surface area (Å²) in [6, 6.07) is 51.0. The van der Waals surface area contributed by atoms with E-state index in [1.165, 1.54) is 45.5 Å². The van der Waals surface area contributed by atoms with Crippen LogP contribution in [0.4, 0.5) is 0 Å². The number of aryl methyl sites for hydroxylation is 2. The molecule has 0 atom stereocenters. The molecule has 2 radical (unpaired) electrons. The number of hydrogen-bond acceptors (Lipinski definition) is 0. The molecule has 2 heteroatoms. The maximum Gasteiger partial charge on any atom is -0.171 e. The minimum Gasteiger partial charge on any atom is -0.184 e. The van der Waals surface area contributed by atoms with Gasteiger partial charge in [0.15, 0.2) is 0 Å². The van der Waals surface area contributed by atoms with Crippen LogP contribution in [-0.4, -0.2) is 7.63 Å². The van der Waals surface area contributed by atoms with E-state index >= 15 is 0 Å². The van der Waals surface area contributed by atoms with Crippen LogP contribution in [0.1, 0.15) is 64.5 Å². The molecule has 0 amide bonds. The van der Waals surface area contributed by atoms with Crippen LogP contribution in [0, 0.1) is 26.0 Å². The molecular weight excluding hydrogens is 580 g/mol. The van der Waals surface area contributed by atoms with Gasteiger partial charge in [0.05, 0.1) is 0 Å². The standard InChI is InChI=1S/2C11H11.2C6H5.2C4H9.Si.Ti/c2*1-2-9-7-10-5-3-4-6-11(10)8-9;2*1-2-4-6-5-3-1;2*1-3-4-2;;/h2*3-8H,2H2,1H3;2*1-5H;2*1,3-4H2,2H3;;/q6*-1;;. The summed E-state index contributed by atoms with van der Waals surface area (Å²) < 4.78 is 0. The largest absolute Gasteiger partial charge is 0.184 e. The Labute approximate surface area is 283 Å². The van der Waals surface area contributed by atoms with Gasteiger partial charge in [0.1, 0.15) is 0 Å². The summed E-state index contributed by atoms with van der Waals surface area (Å²) in [5, 5.41) is 5.46. The van der Waals surface area contributed by atoms with Crippen LogP contribution in [0.3, 0.4) is 0 Å². The van der Waals surface area contributed by atoms with Gasteiger partial charge in [-0.15, -0.1) is 81.2 Å². The Bertz CT molecular complexity index is 1170. The number of fused-ring (bicyclic) bond motifs is 2. The van der Waals surface area contributed by atoms with Crippen molar-refractivity contribution in [3.63, 3.8) is 0 Å². The Morgan fingerprint density at radius 1 is 0.545 bits per heavy atom. The van der Waals surface area contributed by atoms with Crippen LogP contribution in [0.5, 0.6) is 0 Å². The van der Waals surface area contributed by atoms with Crippen LogP contribution in [0.2, 0.25) is 0 Å². The van der Waals surface area contributed by atoms with Crippen LogP contribution in [-0.2, 0) is 32.0 Å². The fourth-order valence-electron chi connectivity index (χ4n) is 3.52. The SMILES string of the molecule is CCc1cc2ccccc2[cH-]1.CCc1cc2ccccc2[cH-]1.[CH2-]CCC.[CH2-]CCC.[Si]=[Ti].[c-]1ccccc1.[c-]1ccccc1. The van der Waals surface area contributed by atoms with Gasteiger partial charge in [0.2, 0.25) is 0 Å². The van der Waals surface area contributed by atoms with E-state index in [1.807, 2.05) is 60.7 Å². The predicted molar refractivity (Wildman–Crippen MR) is 195 cm³/mol. The number of benzene rings is 4. The first kappa shape index (κ1) is 41.0. The summed E-state index contributed by atoms with van der Waals surface area (Å²) in [6.45, 7) is 15.8. The van der Waals surface area contributed by atoms with Crippen LogP contribution in [0.15, 0.2) is 133 Å². The zero-order chi connectivity index (χ0) is 32.7. The fraction of sp³-hybridized carbons (Fsp3) is 0.238. The van der Waals surface area contributed by atoms with Crippen LogP contribution < -0.4 is 0 Å². The number of unbranched alkanes of at least 4 members (excludes halogenated alkanes) is 2. The molecule has 0 heterocycles. The van der Waals surface area contributed by atoms with Gasteiger partial charge in [-0.25, -0.2) is 0 Å². The van der Waals surface area contributed by atoms with Gasteiger partial charge in [-0.05, 0) is 12.8 Å². The van der Waals surface area contributed by atoms with Crippen molar-refractivity contribution < 1.29 is 19.2 Å². The molecule has 0 aromatic heterocycles. The van der Waals surface area contributed by atoms with E-state index in [2.05, 4.69) is 134 Å². The summed E-state index contributed by atoms with van der Waals surface area (Å²) >= 11 is 1.81. The van der Waals surface area contributed by atoms with E-state index in [0.717, 1.165) is 25.7 Å².